The summed E-state index contributed by atoms with van der Waals surface area (Å²) in [6.45, 7) is 2.92. The SMILES string of the molecule is CCN(C)c1cccc(NC(=O)c2cc3cc(F)ccc3o2)c1. The third-order valence-electron chi connectivity index (χ3n) is 3.72. The van der Waals surface area contributed by atoms with Crippen molar-refractivity contribution < 1.29 is 13.6 Å². The van der Waals surface area contributed by atoms with Crippen molar-refractivity contribution in [3.63, 3.8) is 0 Å². The summed E-state index contributed by atoms with van der Waals surface area (Å²) in [5.41, 5.74) is 2.17. The van der Waals surface area contributed by atoms with Crippen LogP contribution in [0.2, 0.25) is 0 Å². The van der Waals surface area contributed by atoms with Crippen LogP contribution in [0.1, 0.15) is 17.5 Å². The van der Waals surface area contributed by atoms with Crippen LogP contribution in [0.3, 0.4) is 0 Å². The Bertz CT molecular complexity index is 857. The van der Waals surface area contributed by atoms with Crippen molar-refractivity contribution in [3.05, 3.63) is 60.1 Å². The van der Waals surface area contributed by atoms with Gasteiger partial charge in [-0.25, -0.2) is 4.39 Å². The zero-order valence-electron chi connectivity index (χ0n) is 13.0. The largest absolute Gasteiger partial charge is 0.451 e. The van der Waals surface area contributed by atoms with Crippen LogP contribution in [0, 0.1) is 5.82 Å². The molecule has 0 aliphatic carbocycles. The quantitative estimate of drug-likeness (QED) is 0.782. The van der Waals surface area contributed by atoms with E-state index in [1.165, 1.54) is 24.3 Å². The van der Waals surface area contributed by atoms with Gasteiger partial charge < -0.3 is 14.6 Å². The van der Waals surface area contributed by atoms with Crippen molar-refractivity contribution in [1.29, 1.82) is 0 Å². The van der Waals surface area contributed by atoms with Gasteiger partial charge in [0.2, 0.25) is 0 Å². The molecule has 0 aliphatic rings. The Morgan fingerprint density at radius 1 is 1.22 bits per heavy atom. The van der Waals surface area contributed by atoms with E-state index in [4.69, 9.17) is 4.42 Å². The third-order valence-corrected chi connectivity index (χ3v) is 3.72. The first-order valence-electron chi connectivity index (χ1n) is 7.38. The summed E-state index contributed by atoms with van der Waals surface area (Å²) in [6, 6.07) is 13.3. The summed E-state index contributed by atoms with van der Waals surface area (Å²) in [6.07, 6.45) is 0. The van der Waals surface area contributed by atoms with Crippen LogP contribution in [0.25, 0.3) is 11.0 Å². The molecule has 1 amide bonds. The molecule has 118 valence electrons. The number of hydrogen-bond acceptors (Lipinski definition) is 3. The molecular weight excluding hydrogens is 295 g/mol. The molecule has 23 heavy (non-hydrogen) atoms. The number of hydrogen-bond donors (Lipinski definition) is 1. The monoisotopic (exact) mass is 312 g/mol. The van der Waals surface area contributed by atoms with Crippen molar-refractivity contribution in [3.8, 4) is 0 Å². The lowest BCUT2D eigenvalue weighted by Gasteiger charge is -2.17. The lowest BCUT2D eigenvalue weighted by Crippen LogP contribution is -2.16. The minimum Gasteiger partial charge on any atom is -0.451 e. The van der Waals surface area contributed by atoms with E-state index >= 15 is 0 Å². The summed E-state index contributed by atoms with van der Waals surface area (Å²) >= 11 is 0. The average Bonchev–Trinajstić information content (AvgIpc) is 2.97. The van der Waals surface area contributed by atoms with Gasteiger partial charge in [0.25, 0.3) is 5.91 Å². The lowest BCUT2D eigenvalue weighted by molar-refractivity contribution is 0.0998. The highest BCUT2D eigenvalue weighted by Gasteiger charge is 2.13. The van der Waals surface area contributed by atoms with Crippen LogP contribution < -0.4 is 10.2 Å². The zero-order chi connectivity index (χ0) is 16.4. The van der Waals surface area contributed by atoms with Gasteiger partial charge in [0.15, 0.2) is 5.76 Å². The molecule has 0 bridgehead atoms. The van der Waals surface area contributed by atoms with E-state index in [0.717, 1.165) is 12.2 Å². The van der Waals surface area contributed by atoms with E-state index in [1.807, 2.05) is 31.3 Å². The second kappa shape index (κ2) is 6.12. The van der Waals surface area contributed by atoms with Crippen molar-refractivity contribution in [2.75, 3.05) is 23.8 Å². The number of carbonyl (C=O) groups is 1. The molecule has 0 saturated carbocycles. The standard InChI is InChI=1S/C18H17FN2O2/c1-3-21(2)15-6-4-5-14(11-15)20-18(22)17-10-12-9-13(19)7-8-16(12)23-17/h4-11H,3H2,1-2H3,(H,20,22). The van der Waals surface area contributed by atoms with Gasteiger partial charge >= 0.3 is 0 Å². The highest BCUT2D eigenvalue weighted by Crippen LogP contribution is 2.22. The van der Waals surface area contributed by atoms with Gasteiger partial charge in [0.1, 0.15) is 11.4 Å². The molecule has 1 heterocycles. The maximum atomic E-state index is 13.2. The topological polar surface area (TPSA) is 45.5 Å². The van der Waals surface area contributed by atoms with E-state index < -0.39 is 0 Å². The highest BCUT2D eigenvalue weighted by molar-refractivity contribution is 6.04. The van der Waals surface area contributed by atoms with Crippen LogP contribution in [-0.4, -0.2) is 19.5 Å². The Morgan fingerprint density at radius 3 is 2.83 bits per heavy atom. The Kier molecular flexibility index (Phi) is 4.02. The molecule has 0 spiro atoms. The van der Waals surface area contributed by atoms with E-state index in [2.05, 4.69) is 17.1 Å². The number of rotatable bonds is 4. The van der Waals surface area contributed by atoms with Crippen molar-refractivity contribution in [2.45, 2.75) is 6.92 Å². The van der Waals surface area contributed by atoms with Gasteiger partial charge in [-0.3, -0.25) is 4.79 Å². The maximum Gasteiger partial charge on any atom is 0.291 e. The third kappa shape index (κ3) is 3.18. The van der Waals surface area contributed by atoms with Crippen LogP contribution >= 0.6 is 0 Å². The van der Waals surface area contributed by atoms with Crippen LogP contribution in [0.15, 0.2) is 52.9 Å². The number of benzene rings is 2. The lowest BCUT2D eigenvalue weighted by atomic mass is 10.2. The second-order valence-corrected chi connectivity index (χ2v) is 5.31. The van der Waals surface area contributed by atoms with Crippen molar-refractivity contribution >= 4 is 28.3 Å². The van der Waals surface area contributed by atoms with E-state index in [1.54, 1.807) is 0 Å². The predicted molar refractivity (Wildman–Crippen MR) is 89.5 cm³/mol. The first-order valence-corrected chi connectivity index (χ1v) is 7.38. The molecule has 2 aromatic carbocycles. The highest BCUT2D eigenvalue weighted by atomic mass is 19.1. The Hall–Kier alpha value is -2.82. The van der Waals surface area contributed by atoms with Gasteiger partial charge in [-0.1, -0.05) is 6.07 Å². The van der Waals surface area contributed by atoms with Gasteiger partial charge in [-0.15, -0.1) is 0 Å². The van der Waals surface area contributed by atoms with Gasteiger partial charge in [-0.2, -0.15) is 0 Å². The first kappa shape index (κ1) is 15.1. The number of fused-ring (bicyclic) bond motifs is 1. The zero-order valence-corrected chi connectivity index (χ0v) is 13.0. The molecule has 3 aromatic rings. The van der Waals surface area contributed by atoms with Crippen molar-refractivity contribution in [1.82, 2.24) is 0 Å². The number of furan rings is 1. The molecule has 0 aliphatic heterocycles. The van der Waals surface area contributed by atoms with Crippen LogP contribution in [0.5, 0.6) is 0 Å². The minimum absolute atomic E-state index is 0.153. The number of halogens is 1. The molecular formula is C18H17FN2O2. The number of amides is 1. The van der Waals surface area contributed by atoms with E-state index in [0.29, 0.717) is 16.7 Å². The number of nitrogens with zero attached hydrogens (tertiary/aromatic N) is 1. The van der Waals surface area contributed by atoms with Gasteiger partial charge in [-0.05, 0) is 49.4 Å². The molecule has 5 heteroatoms. The molecule has 1 aromatic heterocycles. The first-order chi connectivity index (χ1) is 11.1. The second-order valence-electron chi connectivity index (χ2n) is 5.31. The molecule has 0 atom stereocenters. The van der Waals surface area contributed by atoms with E-state index in [9.17, 15) is 9.18 Å². The number of anilines is 2. The van der Waals surface area contributed by atoms with Gasteiger partial charge in [0, 0.05) is 30.4 Å². The smallest absolute Gasteiger partial charge is 0.291 e. The fraction of sp³-hybridized carbons (Fsp3) is 0.167. The summed E-state index contributed by atoms with van der Waals surface area (Å²) in [5.74, 6) is -0.571. The summed E-state index contributed by atoms with van der Waals surface area (Å²) < 4.78 is 18.7. The minimum atomic E-state index is -0.363. The predicted octanol–water partition coefficient (Wildman–Crippen LogP) is 4.28. The van der Waals surface area contributed by atoms with Crippen LogP contribution in [-0.2, 0) is 0 Å². The normalized spacial score (nSPS) is 10.7. The summed E-state index contributed by atoms with van der Waals surface area (Å²) in [7, 11) is 1.98. The van der Waals surface area contributed by atoms with Gasteiger partial charge in [0.05, 0.1) is 0 Å². The molecule has 4 nitrogen and oxygen atoms in total. The number of carbonyl (C=O) groups excluding carboxylic acids is 1. The van der Waals surface area contributed by atoms with Crippen molar-refractivity contribution in [2.24, 2.45) is 0 Å². The Morgan fingerprint density at radius 2 is 2.04 bits per heavy atom. The van der Waals surface area contributed by atoms with E-state index in [-0.39, 0.29) is 17.5 Å². The molecule has 1 N–H and O–H groups in total. The van der Waals surface area contributed by atoms with Crippen LogP contribution in [0.4, 0.5) is 15.8 Å². The fourth-order valence-corrected chi connectivity index (χ4v) is 2.32. The molecule has 0 unspecified atom stereocenters. The molecule has 0 saturated heterocycles. The summed E-state index contributed by atoms with van der Waals surface area (Å²) in [4.78, 5) is 14.4. The summed E-state index contributed by atoms with van der Waals surface area (Å²) in [5, 5.41) is 3.36. The molecule has 0 fully saturated rings. The number of nitrogens with one attached hydrogen (secondary N) is 1. The maximum absolute atomic E-state index is 13.2. The fourth-order valence-electron chi connectivity index (χ4n) is 2.32. The Balaban J connectivity index is 1.83. The Labute approximate surface area is 133 Å². The average molecular weight is 312 g/mol. The molecule has 0 radical (unpaired) electrons. The molecule has 3 rings (SSSR count).